The highest BCUT2D eigenvalue weighted by Crippen LogP contribution is 2.31. The van der Waals surface area contributed by atoms with Crippen LogP contribution in [-0.4, -0.2) is 321 Å². The molecule has 4 rings (SSSR count). The van der Waals surface area contributed by atoms with E-state index in [0.717, 1.165) is 0 Å². The second-order valence-corrected chi connectivity index (χ2v) is 21.8. The minimum Gasteiger partial charge on any atom is -0.394 e. The lowest BCUT2D eigenvalue weighted by Crippen LogP contribution is -2.65. The van der Waals surface area contributed by atoms with Gasteiger partial charge in [-0.2, -0.15) is 0 Å². The summed E-state index contributed by atoms with van der Waals surface area (Å²) in [4.78, 5) is 77.3. The number of rotatable bonds is 37. The van der Waals surface area contributed by atoms with Gasteiger partial charge in [-0.15, -0.1) is 0 Å². The summed E-state index contributed by atoms with van der Waals surface area (Å²) in [5, 5.41) is 150. The Morgan fingerprint density at radius 3 is 1.33 bits per heavy atom. The van der Waals surface area contributed by atoms with Crippen molar-refractivity contribution in [1.82, 2.24) is 36.8 Å². The molecule has 0 aromatic rings. The van der Waals surface area contributed by atoms with E-state index in [2.05, 4.69) is 31.9 Å². The number of nitrogens with zero attached hydrogens (tertiary/aromatic N) is 1. The molecule has 4 aliphatic heterocycles. The van der Waals surface area contributed by atoms with Crippen molar-refractivity contribution in [2.75, 3.05) is 85.4 Å². The zero-order chi connectivity index (χ0) is 63.6. The molecule has 4 aliphatic rings. The summed E-state index contributed by atoms with van der Waals surface area (Å²) in [7, 11) is 0. The lowest BCUT2D eigenvalue weighted by atomic mass is 9.96. The van der Waals surface area contributed by atoms with Crippen LogP contribution >= 0.6 is 0 Å². The number of unbranched alkanes of at least 4 members (excludes halogenated alkanes) is 4. The summed E-state index contributed by atoms with van der Waals surface area (Å²) in [6, 6.07) is -0.0952. The summed E-state index contributed by atoms with van der Waals surface area (Å²) in [5.41, 5.74) is 0. The molecule has 0 saturated carbocycles. The van der Waals surface area contributed by atoms with Gasteiger partial charge in [-0.3, -0.25) is 33.7 Å². The Hall–Kier alpha value is -4.06. The van der Waals surface area contributed by atoms with E-state index in [-0.39, 0.29) is 103 Å². The number of ether oxygens (including phenoxy) is 8. The number of hydrogen-bond acceptors (Lipinski definition) is 28. The van der Waals surface area contributed by atoms with Crippen LogP contribution in [0.25, 0.3) is 0 Å². The van der Waals surface area contributed by atoms with Crippen LogP contribution in [0.3, 0.4) is 0 Å². The standard InChI is InChI=1S/C52H93N7O27/c1-26(2)58-33(64)12-15-55-36(67)22-59(20-34(65)53-13-8-4-6-10-31(62)56-16-18-79-49-44(75)41(72)37(68)27(3)82-49)21-35(66)54-14-9-5-7-11-32(63)57-17-19-80-51-47(78)48(86-52-46(77)43(74)39(70)29(24-61)84-52)40(71)30(85-51)25-81-50-45(76)42(73)38(69)28(23-60)83-50/h26-30,37-52,60-61,68-78H,4-25H2,1-3H3,(H,53,65)(H,54,66)(H,55,67)(H,56,62)(H,57,63)(H,58,64)/t27-,28+,29+,30+,37+,38+,39+,40+,41+,42-,43-,44-,45-,46-,47-,48-,49+,50-,51-,52+/m0/s1. The molecule has 6 amide bonds. The molecule has 34 heteroatoms. The first-order chi connectivity index (χ1) is 40.9. The van der Waals surface area contributed by atoms with Gasteiger partial charge in [0.05, 0.1) is 58.8 Å². The van der Waals surface area contributed by atoms with Crippen LogP contribution in [0.4, 0.5) is 0 Å². The van der Waals surface area contributed by atoms with Crippen LogP contribution in [0.1, 0.15) is 78.6 Å². The first-order valence-corrected chi connectivity index (χ1v) is 29.0. The monoisotopic (exact) mass is 1250 g/mol. The van der Waals surface area contributed by atoms with Crippen LogP contribution in [0.5, 0.6) is 0 Å². The average Bonchev–Trinajstić information content (AvgIpc) is 1.48. The summed E-state index contributed by atoms with van der Waals surface area (Å²) >= 11 is 0. The van der Waals surface area contributed by atoms with Crippen molar-refractivity contribution in [3.63, 3.8) is 0 Å². The molecule has 0 spiro atoms. The largest absolute Gasteiger partial charge is 0.394 e. The summed E-state index contributed by atoms with van der Waals surface area (Å²) < 4.78 is 44.2. The van der Waals surface area contributed by atoms with Gasteiger partial charge in [0.1, 0.15) is 91.6 Å². The number of hydrogen-bond donors (Lipinski definition) is 19. The Bertz CT molecular complexity index is 2040. The Morgan fingerprint density at radius 1 is 0.419 bits per heavy atom. The third-order valence-corrected chi connectivity index (χ3v) is 14.3. The van der Waals surface area contributed by atoms with Gasteiger partial charge in [0.25, 0.3) is 0 Å². The van der Waals surface area contributed by atoms with Crippen molar-refractivity contribution < 1.29 is 133 Å². The van der Waals surface area contributed by atoms with Crippen LogP contribution < -0.4 is 31.9 Å². The third-order valence-electron chi connectivity index (χ3n) is 14.3. The Balaban J connectivity index is 1.17. The number of aliphatic hydroxyl groups is 13. The van der Waals surface area contributed by atoms with Gasteiger partial charge < -0.3 is 136 Å². The zero-order valence-electron chi connectivity index (χ0n) is 48.7. The molecule has 4 heterocycles. The van der Waals surface area contributed by atoms with Crippen LogP contribution in [0, 0.1) is 0 Å². The SMILES string of the molecule is CC(C)NC(=O)CCNC(=O)CN(CC(=O)NCCCCCC(=O)NCCO[C@@H]1O[C@@H](C)[C@@H](O)[C@@H](O)[C@@H]1O)CC(=O)NCCCCCC(=O)NCCO[C@H]1O[C@H](CO[C@H]2O[C@H](CO)[C@@H](O)[C@H](O)[C@@H]2O)[C@@H](O)[C@H](O[C@H]2O[C@H](CO)[C@@H](O)[C@H](O)[C@@H]2O)[C@@H]1O. The topological polar surface area (TPSA) is 515 Å². The van der Waals surface area contributed by atoms with Crippen LogP contribution in [-0.2, 0) is 66.7 Å². The van der Waals surface area contributed by atoms with Crippen molar-refractivity contribution in [2.24, 2.45) is 0 Å². The van der Waals surface area contributed by atoms with Crippen molar-refractivity contribution in [1.29, 1.82) is 0 Å². The Kier molecular flexibility index (Phi) is 33.3. The maximum atomic E-state index is 13.0. The molecule has 0 bridgehead atoms. The number of aliphatic hydroxyl groups excluding tert-OH is 13. The maximum absolute atomic E-state index is 13.0. The second-order valence-electron chi connectivity index (χ2n) is 21.8. The summed E-state index contributed by atoms with van der Waals surface area (Å²) in [6.45, 7) is 2.00. The molecule has 0 aliphatic carbocycles. The van der Waals surface area contributed by atoms with Gasteiger partial charge >= 0.3 is 0 Å². The smallest absolute Gasteiger partial charge is 0.234 e. The predicted molar refractivity (Wildman–Crippen MR) is 290 cm³/mol. The van der Waals surface area contributed by atoms with E-state index >= 15 is 0 Å². The molecular weight excluding hydrogens is 1150 g/mol. The van der Waals surface area contributed by atoms with Crippen molar-refractivity contribution >= 4 is 35.4 Å². The van der Waals surface area contributed by atoms with E-state index in [1.807, 2.05) is 0 Å². The number of amides is 6. The predicted octanol–water partition coefficient (Wildman–Crippen LogP) is -9.79. The van der Waals surface area contributed by atoms with Gasteiger partial charge in [0.15, 0.2) is 25.2 Å². The molecule has 0 radical (unpaired) electrons. The average molecular weight is 1250 g/mol. The first kappa shape index (κ1) is 74.4. The van der Waals surface area contributed by atoms with E-state index in [1.54, 1.807) is 13.8 Å². The minimum atomic E-state index is -1.95. The quantitative estimate of drug-likeness (QED) is 0.0257. The third kappa shape index (κ3) is 24.4. The molecule has 4 fully saturated rings. The van der Waals surface area contributed by atoms with Gasteiger partial charge in [0.2, 0.25) is 35.4 Å². The number of nitrogens with one attached hydrogen (secondary N) is 6. The van der Waals surface area contributed by atoms with Crippen molar-refractivity contribution in [2.45, 2.75) is 207 Å². The summed E-state index contributed by atoms with van der Waals surface area (Å²) in [6.07, 6.45) is -28.7. The van der Waals surface area contributed by atoms with E-state index in [0.29, 0.717) is 38.5 Å². The van der Waals surface area contributed by atoms with E-state index in [4.69, 9.17) is 37.9 Å². The molecular formula is C52H93N7O27. The fraction of sp³-hybridized carbons (Fsp3) is 0.885. The number of carbonyl (C=O) groups excluding carboxylic acids is 6. The molecule has 19 N–H and O–H groups in total. The van der Waals surface area contributed by atoms with Crippen LogP contribution in [0.2, 0.25) is 0 Å². The molecule has 0 aromatic heterocycles. The van der Waals surface area contributed by atoms with Gasteiger partial charge in [-0.1, -0.05) is 12.8 Å². The van der Waals surface area contributed by atoms with E-state index < -0.39 is 166 Å². The second kappa shape index (κ2) is 38.5. The fourth-order valence-corrected chi connectivity index (χ4v) is 9.41. The fourth-order valence-electron chi connectivity index (χ4n) is 9.41. The van der Waals surface area contributed by atoms with Crippen LogP contribution in [0.15, 0.2) is 0 Å². The molecule has 86 heavy (non-hydrogen) atoms. The highest BCUT2D eigenvalue weighted by Gasteiger charge is 2.52. The Labute approximate surface area is 497 Å². The molecule has 498 valence electrons. The zero-order valence-corrected chi connectivity index (χ0v) is 48.7. The maximum Gasteiger partial charge on any atom is 0.234 e. The van der Waals surface area contributed by atoms with Crippen molar-refractivity contribution in [3.05, 3.63) is 0 Å². The van der Waals surface area contributed by atoms with Gasteiger partial charge in [-0.25, -0.2) is 0 Å². The lowest BCUT2D eigenvalue weighted by Gasteiger charge is -2.46. The highest BCUT2D eigenvalue weighted by molar-refractivity contribution is 5.84. The normalized spacial score (nSPS) is 33.0. The lowest BCUT2D eigenvalue weighted by molar-refractivity contribution is -0.366. The molecule has 0 aromatic carbocycles. The number of carbonyl (C=O) groups is 6. The minimum absolute atomic E-state index is 0.0150. The van der Waals surface area contributed by atoms with Crippen molar-refractivity contribution in [3.8, 4) is 0 Å². The van der Waals surface area contributed by atoms with E-state index in [9.17, 15) is 95.2 Å². The summed E-state index contributed by atoms with van der Waals surface area (Å²) in [5.74, 6) is -2.39. The van der Waals surface area contributed by atoms with Gasteiger partial charge in [-0.05, 0) is 46.5 Å². The Morgan fingerprint density at radius 2 is 0.837 bits per heavy atom. The molecule has 0 unspecified atom stereocenters. The van der Waals surface area contributed by atoms with E-state index in [1.165, 1.54) is 11.8 Å². The molecule has 20 atom stereocenters. The first-order valence-electron chi connectivity index (χ1n) is 29.0. The molecule has 4 saturated heterocycles. The molecule has 34 nitrogen and oxygen atoms in total. The van der Waals surface area contributed by atoms with Gasteiger partial charge in [0, 0.05) is 58.0 Å². The highest BCUT2D eigenvalue weighted by atomic mass is 16.8.